The van der Waals surface area contributed by atoms with E-state index in [-0.39, 0.29) is 11.9 Å². The maximum Gasteiger partial charge on any atom is 0.337 e. The predicted molar refractivity (Wildman–Crippen MR) is 101 cm³/mol. The molecule has 4 nitrogen and oxygen atoms in total. The predicted octanol–water partition coefficient (Wildman–Crippen LogP) is 3.85. The van der Waals surface area contributed by atoms with Crippen molar-refractivity contribution in [2.24, 2.45) is 0 Å². The van der Waals surface area contributed by atoms with E-state index < -0.39 is 0 Å². The van der Waals surface area contributed by atoms with Crippen molar-refractivity contribution in [3.8, 4) is 0 Å². The number of amides is 1. The molecule has 2 aromatic rings. The highest BCUT2D eigenvalue weighted by molar-refractivity contribution is 6.11. The number of carbonyl (C=O) groups excluding carboxylic acids is 2. The van der Waals surface area contributed by atoms with Gasteiger partial charge in [-0.25, -0.2) is 4.79 Å². The molecule has 1 aliphatic heterocycles. The molecule has 3 rings (SSSR count). The molecule has 0 fully saturated rings. The Bertz CT molecular complexity index is 879. The van der Waals surface area contributed by atoms with Gasteiger partial charge in [-0.05, 0) is 41.3 Å². The summed E-state index contributed by atoms with van der Waals surface area (Å²) < 4.78 is 4.71. The molecule has 0 aromatic heterocycles. The third kappa shape index (κ3) is 3.45. The number of esters is 1. The molecule has 0 N–H and O–H groups in total. The molecule has 1 amide bonds. The van der Waals surface area contributed by atoms with Gasteiger partial charge in [0.1, 0.15) is 0 Å². The minimum Gasteiger partial charge on any atom is -0.465 e. The molecule has 0 radical (unpaired) electrons. The summed E-state index contributed by atoms with van der Waals surface area (Å²) >= 11 is 0. The fourth-order valence-electron chi connectivity index (χ4n) is 3.17. The van der Waals surface area contributed by atoms with Crippen molar-refractivity contribution in [2.75, 3.05) is 13.7 Å². The maximum absolute atomic E-state index is 12.9. The summed E-state index contributed by atoms with van der Waals surface area (Å²) in [5.41, 5.74) is 4.74. The monoisotopic (exact) mass is 347 g/mol. The van der Waals surface area contributed by atoms with Crippen LogP contribution in [0.25, 0.3) is 5.57 Å². The van der Waals surface area contributed by atoms with Crippen LogP contribution in [0.5, 0.6) is 0 Å². The van der Waals surface area contributed by atoms with E-state index in [9.17, 15) is 9.59 Å². The number of nitrogens with zero attached hydrogens (tertiary/aromatic N) is 1. The van der Waals surface area contributed by atoms with Gasteiger partial charge in [-0.15, -0.1) is 0 Å². The average Bonchev–Trinajstić information content (AvgIpc) is 2.94. The summed E-state index contributed by atoms with van der Waals surface area (Å²) in [7, 11) is 1.35. The second-order valence-corrected chi connectivity index (χ2v) is 6.35. The smallest absolute Gasteiger partial charge is 0.337 e. The van der Waals surface area contributed by atoms with Crippen molar-refractivity contribution in [1.29, 1.82) is 0 Å². The van der Waals surface area contributed by atoms with Crippen molar-refractivity contribution < 1.29 is 14.3 Å². The van der Waals surface area contributed by atoms with E-state index in [1.807, 2.05) is 42.2 Å². The molecule has 1 heterocycles. The molecule has 26 heavy (non-hydrogen) atoms. The van der Waals surface area contributed by atoms with Gasteiger partial charge in [0.15, 0.2) is 0 Å². The summed E-state index contributed by atoms with van der Waals surface area (Å²) in [6.45, 7) is 7.26. The number of hydrogen-bond acceptors (Lipinski definition) is 3. The van der Waals surface area contributed by atoms with Gasteiger partial charge in [0.05, 0.1) is 12.7 Å². The Hall–Kier alpha value is -3.14. The minimum atomic E-state index is -0.386. The molecule has 132 valence electrons. The molecule has 1 aliphatic rings. The third-order valence-electron chi connectivity index (χ3n) is 4.53. The number of hydrogen-bond donors (Lipinski definition) is 0. The molecule has 0 saturated carbocycles. The summed E-state index contributed by atoms with van der Waals surface area (Å²) in [4.78, 5) is 26.3. The number of rotatable bonds is 5. The highest BCUT2D eigenvalue weighted by atomic mass is 16.5. The van der Waals surface area contributed by atoms with Gasteiger partial charge in [0, 0.05) is 18.7 Å². The number of benzene rings is 2. The van der Waals surface area contributed by atoms with E-state index >= 15 is 0 Å². The Balaban J connectivity index is 1.77. The van der Waals surface area contributed by atoms with Gasteiger partial charge < -0.3 is 9.64 Å². The molecule has 2 aromatic carbocycles. The van der Waals surface area contributed by atoms with Gasteiger partial charge in [0.2, 0.25) is 0 Å². The van der Waals surface area contributed by atoms with E-state index in [0.29, 0.717) is 29.8 Å². The first kappa shape index (κ1) is 17.7. The van der Waals surface area contributed by atoms with Crippen LogP contribution in [0.1, 0.15) is 28.4 Å². The number of ether oxygens (including phenoxy) is 1. The van der Waals surface area contributed by atoms with Crippen molar-refractivity contribution in [1.82, 2.24) is 4.90 Å². The van der Waals surface area contributed by atoms with Crippen molar-refractivity contribution >= 4 is 17.4 Å². The molecule has 0 bridgehead atoms. The fourth-order valence-corrected chi connectivity index (χ4v) is 3.17. The van der Waals surface area contributed by atoms with Gasteiger partial charge in [-0.1, -0.05) is 49.0 Å². The summed E-state index contributed by atoms with van der Waals surface area (Å²) in [5.74, 6) is -0.392. The zero-order valence-electron chi connectivity index (χ0n) is 15.0. The van der Waals surface area contributed by atoms with Crippen LogP contribution in [-0.4, -0.2) is 30.4 Å². The topological polar surface area (TPSA) is 46.6 Å². The SMILES string of the molecule is C=C(C1=C(C)CN(Cc2ccccc2)C1=O)c1ccc(C(=O)OC)cc1. The first-order valence-corrected chi connectivity index (χ1v) is 8.42. The van der Waals surface area contributed by atoms with Crippen LogP contribution in [0.3, 0.4) is 0 Å². The lowest BCUT2D eigenvalue weighted by molar-refractivity contribution is -0.125. The normalized spacial score (nSPS) is 13.9. The minimum absolute atomic E-state index is 0.00611. The Kier molecular flexibility index (Phi) is 5.03. The van der Waals surface area contributed by atoms with Crippen LogP contribution < -0.4 is 0 Å². The first-order valence-electron chi connectivity index (χ1n) is 8.42. The maximum atomic E-state index is 12.9. The van der Waals surface area contributed by atoms with E-state index in [1.54, 1.807) is 24.3 Å². The van der Waals surface area contributed by atoms with E-state index in [2.05, 4.69) is 6.58 Å². The van der Waals surface area contributed by atoms with Crippen LogP contribution in [0.15, 0.2) is 72.3 Å². The summed E-state index contributed by atoms with van der Waals surface area (Å²) in [6, 6.07) is 16.9. The molecule has 0 saturated heterocycles. The van der Waals surface area contributed by atoms with Gasteiger partial charge in [0.25, 0.3) is 5.91 Å². The molecule has 0 aliphatic carbocycles. The highest BCUT2D eigenvalue weighted by Gasteiger charge is 2.30. The van der Waals surface area contributed by atoms with Gasteiger partial charge in [-0.3, -0.25) is 4.79 Å². The zero-order chi connectivity index (χ0) is 18.7. The molecule has 0 atom stereocenters. The van der Waals surface area contributed by atoms with Crippen molar-refractivity contribution in [3.63, 3.8) is 0 Å². The van der Waals surface area contributed by atoms with E-state index in [4.69, 9.17) is 4.74 Å². The Morgan fingerprint density at radius 1 is 1.08 bits per heavy atom. The lowest BCUT2D eigenvalue weighted by Gasteiger charge is -2.17. The van der Waals surface area contributed by atoms with Crippen LogP contribution in [0.4, 0.5) is 0 Å². The standard InChI is InChI=1S/C22H21NO3/c1-15-13-23(14-17-7-5-4-6-8-17)21(24)20(15)16(2)18-9-11-19(12-10-18)22(25)26-3/h4-12H,2,13-14H2,1,3H3. The van der Waals surface area contributed by atoms with Gasteiger partial charge >= 0.3 is 5.97 Å². The van der Waals surface area contributed by atoms with Crippen LogP contribution in [0.2, 0.25) is 0 Å². The summed E-state index contributed by atoms with van der Waals surface area (Å²) in [6.07, 6.45) is 0. The largest absolute Gasteiger partial charge is 0.465 e. The molecular weight excluding hydrogens is 326 g/mol. The number of methoxy groups -OCH3 is 1. The van der Waals surface area contributed by atoms with Crippen LogP contribution in [-0.2, 0) is 16.1 Å². The molecule has 4 heteroatoms. The second kappa shape index (κ2) is 7.40. The molecule has 0 unspecified atom stereocenters. The highest BCUT2D eigenvalue weighted by Crippen LogP contribution is 2.31. The average molecular weight is 347 g/mol. The van der Waals surface area contributed by atoms with Gasteiger partial charge in [-0.2, -0.15) is 0 Å². The Labute approximate surface area is 153 Å². The lowest BCUT2D eigenvalue weighted by Crippen LogP contribution is -2.26. The lowest BCUT2D eigenvalue weighted by atomic mass is 9.96. The zero-order valence-corrected chi connectivity index (χ0v) is 15.0. The van der Waals surface area contributed by atoms with Crippen molar-refractivity contribution in [2.45, 2.75) is 13.5 Å². The second-order valence-electron chi connectivity index (χ2n) is 6.35. The third-order valence-corrected chi connectivity index (χ3v) is 4.53. The quantitative estimate of drug-likeness (QED) is 0.772. The molecule has 0 spiro atoms. The summed E-state index contributed by atoms with van der Waals surface area (Å²) in [5, 5.41) is 0. The first-order chi connectivity index (χ1) is 12.5. The Morgan fingerprint density at radius 3 is 2.31 bits per heavy atom. The van der Waals surface area contributed by atoms with Crippen LogP contribution >= 0.6 is 0 Å². The molecular formula is C22H21NO3. The Morgan fingerprint density at radius 2 is 1.69 bits per heavy atom. The van der Waals surface area contributed by atoms with Crippen LogP contribution in [0, 0.1) is 0 Å². The van der Waals surface area contributed by atoms with Crippen molar-refractivity contribution in [3.05, 3.63) is 89.0 Å². The number of carbonyl (C=O) groups is 2. The van der Waals surface area contributed by atoms with E-state index in [1.165, 1.54) is 7.11 Å². The van der Waals surface area contributed by atoms with E-state index in [0.717, 1.165) is 16.7 Å². The fraction of sp³-hybridized carbons (Fsp3) is 0.182.